The zero-order valence-electron chi connectivity index (χ0n) is 15.3. The van der Waals surface area contributed by atoms with E-state index in [-0.39, 0.29) is 10.6 Å². The standard InChI is InChI=1S/C19H24N6O2/c26-25(27)17-18(20-12-15-6-7-15)21-14-22-19(17)24-10-8-23(9-11-24)13-16-4-2-1-3-5-16/h1-5,14-15H,6-13H2,(H,20,21,22). The van der Waals surface area contributed by atoms with Crippen molar-refractivity contribution in [1.82, 2.24) is 14.9 Å². The summed E-state index contributed by atoms with van der Waals surface area (Å²) in [6, 6.07) is 10.4. The molecule has 2 heterocycles. The van der Waals surface area contributed by atoms with Gasteiger partial charge in [0.15, 0.2) is 0 Å². The molecule has 1 aromatic heterocycles. The fraction of sp³-hybridized carbons (Fsp3) is 0.474. The summed E-state index contributed by atoms with van der Waals surface area (Å²) in [5.41, 5.74) is 1.28. The number of nitrogens with zero attached hydrogens (tertiary/aromatic N) is 5. The lowest BCUT2D eigenvalue weighted by Crippen LogP contribution is -2.46. The van der Waals surface area contributed by atoms with Crippen LogP contribution in [0.15, 0.2) is 36.7 Å². The maximum Gasteiger partial charge on any atom is 0.353 e. The highest BCUT2D eigenvalue weighted by atomic mass is 16.6. The third kappa shape index (κ3) is 4.33. The average molecular weight is 368 g/mol. The Morgan fingerprint density at radius 2 is 1.85 bits per heavy atom. The predicted molar refractivity (Wildman–Crippen MR) is 104 cm³/mol. The maximum atomic E-state index is 11.7. The molecule has 4 rings (SSSR count). The second kappa shape index (κ2) is 7.87. The molecule has 0 amide bonds. The van der Waals surface area contributed by atoms with Gasteiger partial charge in [0.1, 0.15) is 6.33 Å². The molecular weight excluding hydrogens is 344 g/mol. The van der Waals surface area contributed by atoms with Gasteiger partial charge in [-0.3, -0.25) is 15.0 Å². The quantitative estimate of drug-likeness (QED) is 0.593. The van der Waals surface area contributed by atoms with Crippen molar-refractivity contribution in [2.24, 2.45) is 5.92 Å². The Morgan fingerprint density at radius 1 is 1.11 bits per heavy atom. The van der Waals surface area contributed by atoms with E-state index in [2.05, 4.69) is 32.3 Å². The van der Waals surface area contributed by atoms with E-state index in [4.69, 9.17) is 0 Å². The first kappa shape index (κ1) is 17.7. The molecule has 1 N–H and O–H groups in total. The van der Waals surface area contributed by atoms with E-state index in [0.29, 0.717) is 30.6 Å². The largest absolute Gasteiger partial charge is 0.364 e. The zero-order valence-corrected chi connectivity index (χ0v) is 15.3. The van der Waals surface area contributed by atoms with Crippen LogP contribution in [0, 0.1) is 16.0 Å². The number of hydrogen-bond acceptors (Lipinski definition) is 7. The van der Waals surface area contributed by atoms with Gasteiger partial charge in [-0.05, 0) is 24.3 Å². The Kier molecular flexibility index (Phi) is 5.15. The summed E-state index contributed by atoms with van der Waals surface area (Å²) < 4.78 is 0. The second-order valence-electron chi connectivity index (χ2n) is 7.22. The third-order valence-corrected chi connectivity index (χ3v) is 5.16. The van der Waals surface area contributed by atoms with Crippen LogP contribution in [0.3, 0.4) is 0 Å². The zero-order chi connectivity index (χ0) is 18.6. The smallest absolute Gasteiger partial charge is 0.353 e. The summed E-state index contributed by atoms with van der Waals surface area (Å²) in [5, 5.41) is 14.8. The molecule has 0 atom stereocenters. The molecule has 1 saturated heterocycles. The van der Waals surface area contributed by atoms with Crippen LogP contribution in [-0.2, 0) is 6.54 Å². The first-order valence-electron chi connectivity index (χ1n) is 9.45. The maximum absolute atomic E-state index is 11.7. The molecule has 142 valence electrons. The molecule has 2 fully saturated rings. The van der Waals surface area contributed by atoms with Crippen molar-refractivity contribution in [3.05, 3.63) is 52.3 Å². The van der Waals surface area contributed by atoms with Gasteiger partial charge in [-0.15, -0.1) is 0 Å². The Bertz CT molecular complexity index is 788. The number of hydrogen-bond donors (Lipinski definition) is 1. The molecule has 1 saturated carbocycles. The van der Waals surface area contributed by atoms with Crippen LogP contribution >= 0.6 is 0 Å². The van der Waals surface area contributed by atoms with Crippen molar-refractivity contribution in [2.75, 3.05) is 42.9 Å². The van der Waals surface area contributed by atoms with Gasteiger partial charge in [0.05, 0.1) is 4.92 Å². The van der Waals surface area contributed by atoms with E-state index < -0.39 is 0 Å². The van der Waals surface area contributed by atoms with E-state index in [9.17, 15) is 10.1 Å². The minimum absolute atomic E-state index is 0.00495. The lowest BCUT2D eigenvalue weighted by atomic mass is 10.2. The summed E-state index contributed by atoms with van der Waals surface area (Å²) in [7, 11) is 0. The Hall–Kier alpha value is -2.74. The molecular formula is C19H24N6O2. The fourth-order valence-corrected chi connectivity index (χ4v) is 3.42. The van der Waals surface area contributed by atoms with E-state index in [1.807, 2.05) is 23.1 Å². The molecule has 0 unspecified atom stereocenters. The summed E-state index contributed by atoms with van der Waals surface area (Å²) in [5.74, 6) is 1.38. The van der Waals surface area contributed by atoms with Crippen LogP contribution in [0.4, 0.5) is 17.3 Å². The van der Waals surface area contributed by atoms with Crippen LogP contribution < -0.4 is 10.2 Å². The summed E-state index contributed by atoms with van der Waals surface area (Å²) >= 11 is 0. The molecule has 2 aromatic rings. The van der Waals surface area contributed by atoms with E-state index in [1.54, 1.807) is 0 Å². The van der Waals surface area contributed by atoms with E-state index in [1.165, 1.54) is 24.7 Å². The number of benzene rings is 1. The van der Waals surface area contributed by atoms with Gasteiger partial charge in [-0.2, -0.15) is 0 Å². The van der Waals surface area contributed by atoms with Crippen molar-refractivity contribution in [2.45, 2.75) is 19.4 Å². The van der Waals surface area contributed by atoms with Crippen molar-refractivity contribution in [1.29, 1.82) is 0 Å². The minimum atomic E-state index is -0.360. The van der Waals surface area contributed by atoms with Crippen LogP contribution in [0.5, 0.6) is 0 Å². The Labute approximate surface area is 158 Å². The fourth-order valence-electron chi connectivity index (χ4n) is 3.42. The van der Waals surface area contributed by atoms with Gasteiger partial charge < -0.3 is 10.2 Å². The van der Waals surface area contributed by atoms with E-state index in [0.717, 1.165) is 26.2 Å². The van der Waals surface area contributed by atoms with Crippen LogP contribution in [0.2, 0.25) is 0 Å². The first-order chi connectivity index (χ1) is 13.2. The highest BCUT2D eigenvalue weighted by Crippen LogP contribution is 2.34. The minimum Gasteiger partial charge on any atom is -0.364 e. The van der Waals surface area contributed by atoms with Crippen molar-refractivity contribution in [3.63, 3.8) is 0 Å². The van der Waals surface area contributed by atoms with Gasteiger partial charge in [-0.25, -0.2) is 9.97 Å². The summed E-state index contributed by atoms with van der Waals surface area (Å²) in [6.45, 7) is 4.76. The van der Waals surface area contributed by atoms with Gasteiger partial charge >= 0.3 is 5.69 Å². The molecule has 0 radical (unpaired) electrons. The molecule has 8 nitrogen and oxygen atoms in total. The SMILES string of the molecule is O=[N+]([O-])c1c(NCC2CC2)ncnc1N1CCN(Cc2ccccc2)CC1. The van der Waals surface area contributed by atoms with Crippen molar-refractivity contribution in [3.8, 4) is 0 Å². The summed E-state index contributed by atoms with van der Waals surface area (Å²) in [6.07, 6.45) is 3.79. The summed E-state index contributed by atoms with van der Waals surface area (Å²) in [4.78, 5) is 24.1. The molecule has 1 aliphatic carbocycles. The van der Waals surface area contributed by atoms with Gasteiger partial charge in [0.25, 0.3) is 0 Å². The van der Waals surface area contributed by atoms with Crippen LogP contribution in [0.1, 0.15) is 18.4 Å². The lowest BCUT2D eigenvalue weighted by Gasteiger charge is -2.35. The molecule has 27 heavy (non-hydrogen) atoms. The Morgan fingerprint density at radius 3 is 2.52 bits per heavy atom. The van der Waals surface area contributed by atoms with Crippen molar-refractivity contribution < 1.29 is 4.92 Å². The lowest BCUT2D eigenvalue weighted by molar-refractivity contribution is -0.383. The number of aromatic nitrogens is 2. The number of nitro groups is 1. The van der Waals surface area contributed by atoms with Gasteiger partial charge in [-0.1, -0.05) is 30.3 Å². The molecule has 1 aliphatic heterocycles. The Balaban J connectivity index is 1.44. The van der Waals surface area contributed by atoms with E-state index >= 15 is 0 Å². The van der Waals surface area contributed by atoms with Gasteiger partial charge in [0, 0.05) is 39.3 Å². The predicted octanol–water partition coefficient (Wildman–Crippen LogP) is 2.53. The number of rotatable bonds is 7. The molecule has 0 spiro atoms. The molecule has 8 heteroatoms. The third-order valence-electron chi connectivity index (χ3n) is 5.16. The van der Waals surface area contributed by atoms with Crippen molar-refractivity contribution >= 4 is 17.3 Å². The second-order valence-corrected chi connectivity index (χ2v) is 7.22. The average Bonchev–Trinajstić information content (AvgIpc) is 3.52. The highest BCUT2D eigenvalue weighted by Gasteiger charge is 2.30. The molecule has 2 aliphatic rings. The van der Waals surface area contributed by atoms with Gasteiger partial charge in [0.2, 0.25) is 11.6 Å². The number of piperazine rings is 1. The molecule has 0 bridgehead atoms. The highest BCUT2D eigenvalue weighted by molar-refractivity contribution is 5.70. The number of anilines is 2. The van der Waals surface area contributed by atoms with Crippen LogP contribution in [-0.4, -0.2) is 52.5 Å². The van der Waals surface area contributed by atoms with Crippen LogP contribution in [0.25, 0.3) is 0 Å². The normalized spacial score (nSPS) is 17.7. The molecule has 1 aromatic carbocycles. The monoisotopic (exact) mass is 368 g/mol. The number of nitrogens with one attached hydrogen (secondary N) is 1. The topological polar surface area (TPSA) is 87.4 Å². The first-order valence-corrected chi connectivity index (χ1v) is 9.45.